The number of nitrogens with zero attached hydrogens (tertiary/aromatic N) is 2. The smallest absolute Gasteiger partial charge is 0.367 e. The van der Waals surface area contributed by atoms with Crippen LogP contribution in [0.2, 0.25) is 0 Å². The molecule has 6 nitrogen and oxygen atoms in total. The molecular weight excluding hydrogens is 426 g/mol. The van der Waals surface area contributed by atoms with Crippen LogP contribution >= 0.6 is 0 Å². The molecule has 0 aliphatic carbocycles. The van der Waals surface area contributed by atoms with Crippen LogP contribution in [-0.2, 0) is 16.2 Å². The van der Waals surface area contributed by atoms with Gasteiger partial charge in [0.15, 0.2) is 5.78 Å². The molecule has 1 aliphatic heterocycles. The van der Waals surface area contributed by atoms with Crippen LogP contribution < -0.4 is 14.9 Å². The number of hydrogen-bond donors (Lipinski definition) is 1. The van der Waals surface area contributed by atoms with Gasteiger partial charge < -0.3 is 9.80 Å². The summed E-state index contributed by atoms with van der Waals surface area (Å²) < 4.78 is 77.8. The fourth-order valence-electron chi connectivity index (χ4n) is 3.37. The van der Waals surface area contributed by atoms with Gasteiger partial charge in [-0.3, -0.25) is 4.79 Å². The molecule has 0 spiro atoms. The van der Waals surface area contributed by atoms with Gasteiger partial charge in [0.25, 0.3) is 0 Å². The second-order valence-electron chi connectivity index (χ2n) is 6.92. The molecule has 2 N–H and O–H groups in total. The molecule has 1 heterocycles. The molecule has 1 aliphatic rings. The number of hydrogen-bond acceptors (Lipinski definition) is 5. The van der Waals surface area contributed by atoms with Crippen LogP contribution in [0.1, 0.15) is 22.8 Å². The van der Waals surface area contributed by atoms with Crippen molar-refractivity contribution in [1.29, 1.82) is 0 Å². The Morgan fingerprint density at radius 3 is 1.97 bits per heavy atom. The first kappa shape index (κ1) is 22.0. The summed E-state index contributed by atoms with van der Waals surface area (Å²) in [6.07, 6.45) is -4.78. The highest BCUT2D eigenvalue weighted by Crippen LogP contribution is 2.38. The SMILES string of the molecule is CC(=O)c1ccc(N2CCN(c3ccc(S(N)(=O)=O)cc3C(F)(F)F)CC2)c(F)c1. The maximum Gasteiger partial charge on any atom is 0.418 e. The Labute approximate surface area is 170 Å². The zero-order valence-corrected chi connectivity index (χ0v) is 16.7. The summed E-state index contributed by atoms with van der Waals surface area (Å²) in [5.41, 5.74) is -0.763. The maximum absolute atomic E-state index is 14.4. The lowest BCUT2D eigenvalue weighted by atomic mass is 10.1. The van der Waals surface area contributed by atoms with E-state index < -0.39 is 32.5 Å². The van der Waals surface area contributed by atoms with Crippen LogP contribution in [0.25, 0.3) is 0 Å². The quantitative estimate of drug-likeness (QED) is 0.578. The lowest BCUT2D eigenvalue weighted by molar-refractivity contribution is -0.137. The van der Waals surface area contributed by atoms with E-state index in [0.717, 1.165) is 18.2 Å². The summed E-state index contributed by atoms with van der Waals surface area (Å²) in [6.45, 7) is 2.12. The molecule has 1 saturated heterocycles. The van der Waals surface area contributed by atoms with Crippen LogP contribution in [-0.4, -0.2) is 40.4 Å². The third-order valence-electron chi connectivity index (χ3n) is 4.92. The summed E-state index contributed by atoms with van der Waals surface area (Å²) in [7, 11) is -4.28. The van der Waals surface area contributed by atoms with Gasteiger partial charge in [-0.05, 0) is 43.3 Å². The second kappa shape index (κ2) is 7.88. The Morgan fingerprint density at radius 1 is 0.967 bits per heavy atom. The third kappa shape index (κ3) is 4.57. The number of Topliss-reactive ketones (excluding diaryl/α,β-unsaturated/α-hetero) is 1. The molecule has 0 atom stereocenters. The molecule has 2 aromatic carbocycles. The Kier molecular flexibility index (Phi) is 5.79. The van der Waals surface area contributed by atoms with E-state index in [9.17, 15) is 30.8 Å². The van der Waals surface area contributed by atoms with Crippen molar-refractivity contribution in [1.82, 2.24) is 0 Å². The van der Waals surface area contributed by atoms with Crippen LogP contribution in [0.5, 0.6) is 0 Å². The highest BCUT2D eigenvalue weighted by atomic mass is 32.2. The standard InChI is InChI=1S/C19H19F4N3O3S/c1-12(27)13-2-4-18(16(20)10-13)26-8-6-25(7-9-26)17-5-3-14(30(24,28)29)11-15(17)19(21,22)23/h2-5,10-11H,6-9H2,1H3,(H2,24,28,29). The average molecular weight is 445 g/mol. The number of nitrogens with two attached hydrogens (primary N) is 1. The summed E-state index contributed by atoms with van der Waals surface area (Å²) in [6, 6.07) is 6.76. The molecule has 0 bridgehead atoms. The monoisotopic (exact) mass is 445 g/mol. The Balaban J connectivity index is 1.84. The van der Waals surface area contributed by atoms with E-state index in [1.165, 1.54) is 24.0 Å². The van der Waals surface area contributed by atoms with Gasteiger partial charge in [-0.1, -0.05) is 0 Å². The first-order chi connectivity index (χ1) is 13.9. The van der Waals surface area contributed by atoms with E-state index in [1.54, 1.807) is 4.90 Å². The van der Waals surface area contributed by atoms with E-state index in [4.69, 9.17) is 5.14 Å². The first-order valence-corrected chi connectivity index (χ1v) is 10.5. The minimum Gasteiger partial charge on any atom is -0.367 e. The Bertz CT molecular complexity index is 1080. The van der Waals surface area contributed by atoms with Gasteiger partial charge in [0.1, 0.15) is 5.82 Å². The average Bonchev–Trinajstić information content (AvgIpc) is 2.66. The molecule has 162 valence electrons. The van der Waals surface area contributed by atoms with Crippen molar-refractivity contribution in [3.8, 4) is 0 Å². The third-order valence-corrected chi connectivity index (χ3v) is 5.83. The highest BCUT2D eigenvalue weighted by molar-refractivity contribution is 7.89. The molecule has 11 heteroatoms. The molecule has 3 rings (SSSR count). The van der Waals surface area contributed by atoms with E-state index in [2.05, 4.69) is 0 Å². The summed E-state index contributed by atoms with van der Waals surface area (Å²) in [5, 5.41) is 4.95. The summed E-state index contributed by atoms with van der Waals surface area (Å²) >= 11 is 0. The number of anilines is 2. The summed E-state index contributed by atoms with van der Waals surface area (Å²) in [4.78, 5) is 13.9. The molecule has 1 fully saturated rings. The molecule has 0 radical (unpaired) electrons. The maximum atomic E-state index is 14.4. The number of benzene rings is 2. The topological polar surface area (TPSA) is 83.7 Å². The first-order valence-electron chi connectivity index (χ1n) is 8.92. The molecule has 0 amide bonds. The summed E-state index contributed by atoms with van der Waals surface area (Å²) in [5.74, 6) is -0.850. The van der Waals surface area contributed by atoms with Gasteiger partial charge in [0, 0.05) is 37.4 Å². The van der Waals surface area contributed by atoms with Gasteiger partial charge in [-0.25, -0.2) is 17.9 Å². The molecule has 0 saturated carbocycles. The van der Waals surface area contributed by atoms with Crippen molar-refractivity contribution in [2.24, 2.45) is 5.14 Å². The number of carbonyl (C=O) groups excluding carboxylic acids is 1. The van der Waals surface area contributed by atoms with Gasteiger partial charge >= 0.3 is 6.18 Å². The van der Waals surface area contributed by atoms with Crippen LogP contribution in [0.4, 0.5) is 28.9 Å². The van der Waals surface area contributed by atoms with Gasteiger partial charge in [-0.15, -0.1) is 0 Å². The lowest BCUT2D eigenvalue weighted by Gasteiger charge is -2.38. The Hall–Kier alpha value is -2.66. The molecule has 2 aromatic rings. The molecule has 30 heavy (non-hydrogen) atoms. The van der Waals surface area contributed by atoms with E-state index in [1.807, 2.05) is 0 Å². The number of sulfonamides is 1. The largest absolute Gasteiger partial charge is 0.418 e. The number of piperazine rings is 1. The van der Waals surface area contributed by atoms with Crippen LogP contribution in [0, 0.1) is 5.82 Å². The number of ketones is 1. The lowest BCUT2D eigenvalue weighted by Crippen LogP contribution is -2.47. The molecular formula is C19H19F4N3O3S. The van der Waals surface area contributed by atoms with Crippen LogP contribution in [0.15, 0.2) is 41.3 Å². The zero-order chi connectivity index (χ0) is 22.3. The number of alkyl halides is 3. The van der Waals surface area contributed by atoms with E-state index >= 15 is 0 Å². The second-order valence-corrected chi connectivity index (χ2v) is 8.48. The number of halogens is 4. The highest BCUT2D eigenvalue weighted by Gasteiger charge is 2.36. The van der Waals surface area contributed by atoms with Crippen LogP contribution in [0.3, 0.4) is 0 Å². The minimum atomic E-state index is -4.78. The fourth-order valence-corrected chi connectivity index (χ4v) is 3.91. The molecule has 0 unspecified atom stereocenters. The predicted octanol–water partition coefficient (Wildman–Crippen LogP) is 3.02. The van der Waals surface area contributed by atoms with E-state index in [-0.39, 0.29) is 48.9 Å². The van der Waals surface area contributed by atoms with E-state index in [0.29, 0.717) is 6.07 Å². The van der Waals surface area contributed by atoms with Crippen molar-refractivity contribution in [2.45, 2.75) is 18.0 Å². The number of carbonyl (C=O) groups is 1. The Morgan fingerprint density at radius 2 is 1.50 bits per heavy atom. The zero-order valence-electron chi connectivity index (χ0n) is 15.9. The predicted molar refractivity (Wildman–Crippen MR) is 104 cm³/mol. The van der Waals surface area contributed by atoms with Crippen molar-refractivity contribution in [3.05, 3.63) is 53.3 Å². The van der Waals surface area contributed by atoms with Crippen molar-refractivity contribution >= 4 is 27.2 Å². The van der Waals surface area contributed by atoms with Crippen molar-refractivity contribution in [3.63, 3.8) is 0 Å². The van der Waals surface area contributed by atoms with Gasteiger partial charge in [0.2, 0.25) is 10.0 Å². The molecule has 0 aromatic heterocycles. The number of primary sulfonamides is 1. The minimum absolute atomic E-state index is 0.158. The van der Waals surface area contributed by atoms with Crippen molar-refractivity contribution < 1.29 is 30.8 Å². The number of rotatable bonds is 4. The fraction of sp³-hybridized carbons (Fsp3) is 0.316. The van der Waals surface area contributed by atoms with Crippen molar-refractivity contribution in [2.75, 3.05) is 36.0 Å². The van der Waals surface area contributed by atoms with Gasteiger partial charge in [0.05, 0.1) is 16.1 Å². The normalized spacial score (nSPS) is 15.4. The van der Waals surface area contributed by atoms with Gasteiger partial charge in [-0.2, -0.15) is 13.2 Å².